The summed E-state index contributed by atoms with van der Waals surface area (Å²) >= 11 is 0. The minimum atomic E-state index is -0.908. The second kappa shape index (κ2) is 5.46. The van der Waals surface area contributed by atoms with Crippen LogP contribution in [0.2, 0.25) is 0 Å². The molecule has 96 valence electrons. The number of carboxylic acid groups (broad SMARTS) is 1. The van der Waals surface area contributed by atoms with Crippen LogP contribution in [0.5, 0.6) is 0 Å². The monoisotopic (exact) mass is 242 g/mol. The summed E-state index contributed by atoms with van der Waals surface area (Å²) in [6.45, 7) is 2.11. The lowest BCUT2D eigenvalue weighted by Crippen LogP contribution is -2.57. The van der Waals surface area contributed by atoms with Crippen molar-refractivity contribution in [3.8, 4) is 0 Å². The number of aliphatic carboxylic acids is 1. The molecule has 6 nitrogen and oxygen atoms in total. The number of hydrogen-bond donors (Lipinski definition) is 2. The average Bonchev–Trinajstić information content (AvgIpc) is 2.39. The number of amides is 1. The maximum atomic E-state index is 12.2. The van der Waals surface area contributed by atoms with Crippen molar-refractivity contribution in [2.75, 3.05) is 26.3 Å². The Kier molecular flexibility index (Phi) is 3.96. The number of piperidine rings is 1. The smallest absolute Gasteiger partial charge is 0.326 e. The van der Waals surface area contributed by atoms with Crippen LogP contribution in [0.25, 0.3) is 0 Å². The number of rotatable bonds is 2. The normalized spacial score (nSPS) is 30.0. The van der Waals surface area contributed by atoms with Gasteiger partial charge in [-0.15, -0.1) is 0 Å². The zero-order chi connectivity index (χ0) is 12.3. The number of nitrogens with zero attached hydrogens (tertiary/aromatic N) is 1. The molecule has 0 aliphatic carbocycles. The number of likely N-dealkylation sites (tertiary alicyclic amines) is 1. The van der Waals surface area contributed by atoms with E-state index in [1.54, 1.807) is 0 Å². The predicted molar refractivity (Wildman–Crippen MR) is 59.6 cm³/mol. The molecule has 0 radical (unpaired) electrons. The van der Waals surface area contributed by atoms with Gasteiger partial charge in [0.25, 0.3) is 0 Å². The molecule has 2 rings (SSSR count). The largest absolute Gasteiger partial charge is 0.480 e. The summed E-state index contributed by atoms with van der Waals surface area (Å²) in [7, 11) is 0. The molecular weight excluding hydrogens is 224 g/mol. The van der Waals surface area contributed by atoms with Crippen molar-refractivity contribution in [3.63, 3.8) is 0 Å². The van der Waals surface area contributed by atoms with Gasteiger partial charge in [-0.1, -0.05) is 0 Å². The molecule has 2 heterocycles. The first kappa shape index (κ1) is 12.3. The number of ether oxygens (including phenoxy) is 1. The highest BCUT2D eigenvalue weighted by Gasteiger charge is 2.35. The van der Waals surface area contributed by atoms with E-state index in [2.05, 4.69) is 5.32 Å². The number of carbonyl (C=O) groups excluding carboxylic acids is 1. The third kappa shape index (κ3) is 2.76. The summed E-state index contributed by atoms with van der Waals surface area (Å²) in [6, 6.07) is -1.05. The number of hydrogen-bond acceptors (Lipinski definition) is 4. The fraction of sp³-hybridized carbons (Fsp3) is 0.818. The van der Waals surface area contributed by atoms with Gasteiger partial charge in [0.1, 0.15) is 12.1 Å². The number of carboxylic acids is 1. The molecule has 0 bridgehead atoms. The van der Waals surface area contributed by atoms with Crippen LogP contribution in [-0.4, -0.2) is 60.3 Å². The maximum absolute atomic E-state index is 12.2. The zero-order valence-electron chi connectivity index (χ0n) is 9.72. The average molecular weight is 242 g/mol. The van der Waals surface area contributed by atoms with Crippen molar-refractivity contribution in [3.05, 3.63) is 0 Å². The van der Waals surface area contributed by atoms with Crippen LogP contribution in [0, 0.1) is 0 Å². The fourth-order valence-electron chi connectivity index (χ4n) is 2.38. The molecule has 0 aromatic carbocycles. The van der Waals surface area contributed by atoms with E-state index in [0.29, 0.717) is 32.7 Å². The molecule has 0 saturated carbocycles. The van der Waals surface area contributed by atoms with Gasteiger partial charge in [0, 0.05) is 13.1 Å². The number of morpholine rings is 1. The van der Waals surface area contributed by atoms with Gasteiger partial charge in [0.15, 0.2) is 0 Å². The molecule has 0 spiro atoms. The van der Waals surface area contributed by atoms with Gasteiger partial charge in [0.2, 0.25) is 5.91 Å². The van der Waals surface area contributed by atoms with Crippen molar-refractivity contribution in [1.82, 2.24) is 10.2 Å². The molecule has 2 saturated heterocycles. The first-order valence-corrected chi connectivity index (χ1v) is 6.04. The third-order valence-corrected chi connectivity index (χ3v) is 3.29. The van der Waals surface area contributed by atoms with Crippen LogP contribution in [0.4, 0.5) is 0 Å². The summed E-state index contributed by atoms with van der Waals surface area (Å²) in [6.07, 6.45) is 2.30. The Morgan fingerprint density at radius 1 is 1.35 bits per heavy atom. The van der Waals surface area contributed by atoms with Gasteiger partial charge in [-0.25, -0.2) is 4.79 Å². The van der Waals surface area contributed by atoms with Gasteiger partial charge in [0.05, 0.1) is 13.2 Å². The Morgan fingerprint density at radius 2 is 2.18 bits per heavy atom. The van der Waals surface area contributed by atoms with E-state index in [9.17, 15) is 9.59 Å². The summed E-state index contributed by atoms with van der Waals surface area (Å²) in [5.74, 6) is -1.05. The first-order valence-electron chi connectivity index (χ1n) is 6.04. The fourth-order valence-corrected chi connectivity index (χ4v) is 2.38. The lowest BCUT2D eigenvalue weighted by Gasteiger charge is -2.36. The van der Waals surface area contributed by atoms with Crippen molar-refractivity contribution in [2.24, 2.45) is 0 Å². The van der Waals surface area contributed by atoms with E-state index >= 15 is 0 Å². The maximum Gasteiger partial charge on any atom is 0.326 e. The zero-order valence-corrected chi connectivity index (χ0v) is 9.72. The lowest BCUT2D eigenvalue weighted by molar-refractivity contribution is -0.154. The van der Waals surface area contributed by atoms with Crippen molar-refractivity contribution >= 4 is 11.9 Å². The van der Waals surface area contributed by atoms with Crippen LogP contribution in [0.1, 0.15) is 19.3 Å². The molecule has 2 aliphatic heterocycles. The van der Waals surface area contributed by atoms with Crippen LogP contribution in [0.15, 0.2) is 0 Å². The highest BCUT2D eigenvalue weighted by atomic mass is 16.5. The molecule has 1 amide bonds. The molecule has 0 aromatic rings. The molecule has 2 aliphatic rings. The molecule has 17 heavy (non-hydrogen) atoms. The Bertz CT molecular complexity index is 302. The highest BCUT2D eigenvalue weighted by molar-refractivity contribution is 5.87. The van der Waals surface area contributed by atoms with Gasteiger partial charge < -0.3 is 20.1 Å². The summed E-state index contributed by atoms with van der Waals surface area (Å²) in [5.41, 5.74) is 0. The van der Waals surface area contributed by atoms with E-state index < -0.39 is 12.0 Å². The van der Waals surface area contributed by atoms with Crippen LogP contribution in [-0.2, 0) is 14.3 Å². The molecule has 2 N–H and O–H groups in total. The van der Waals surface area contributed by atoms with Crippen LogP contribution in [0.3, 0.4) is 0 Å². The van der Waals surface area contributed by atoms with Crippen LogP contribution < -0.4 is 5.32 Å². The van der Waals surface area contributed by atoms with Gasteiger partial charge in [-0.3, -0.25) is 4.79 Å². The standard InChI is InChI=1S/C11H18N2O4/c14-10(8-7-17-6-4-12-8)13-5-2-1-3-9(13)11(15)16/h8-9,12H,1-7H2,(H,15,16)/t8?,9-/m0/s1. The Balaban J connectivity index is 2.02. The van der Waals surface area contributed by atoms with Crippen molar-refractivity contribution in [2.45, 2.75) is 31.3 Å². The minimum absolute atomic E-state index is 0.142. The summed E-state index contributed by atoms with van der Waals surface area (Å²) in [4.78, 5) is 24.8. The lowest BCUT2D eigenvalue weighted by atomic mass is 10.0. The third-order valence-electron chi connectivity index (χ3n) is 3.29. The van der Waals surface area contributed by atoms with Crippen LogP contribution >= 0.6 is 0 Å². The summed E-state index contributed by atoms with van der Waals surface area (Å²) < 4.78 is 5.23. The van der Waals surface area contributed by atoms with E-state index in [4.69, 9.17) is 9.84 Å². The van der Waals surface area contributed by atoms with E-state index in [0.717, 1.165) is 12.8 Å². The Labute approximate surface area is 99.9 Å². The van der Waals surface area contributed by atoms with E-state index in [1.807, 2.05) is 0 Å². The van der Waals surface area contributed by atoms with Gasteiger partial charge >= 0.3 is 5.97 Å². The van der Waals surface area contributed by atoms with E-state index in [-0.39, 0.29) is 11.9 Å². The number of carbonyl (C=O) groups is 2. The Morgan fingerprint density at radius 3 is 2.82 bits per heavy atom. The van der Waals surface area contributed by atoms with E-state index in [1.165, 1.54) is 4.90 Å². The van der Waals surface area contributed by atoms with Gasteiger partial charge in [-0.2, -0.15) is 0 Å². The highest BCUT2D eigenvalue weighted by Crippen LogP contribution is 2.18. The molecular formula is C11H18N2O4. The molecule has 6 heteroatoms. The molecule has 1 unspecified atom stereocenters. The first-order chi connectivity index (χ1) is 8.20. The Hall–Kier alpha value is -1.14. The quantitative estimate of drug-likeness (QED) is 0.678. The molecule has 2 atom stereocenters. The van der Waals surface area contributed by atoms with Crippen molar-refractivity contribution in [1.29, 1.82) is 0 Å². The predicted octanol–water partition coefficient (Wildman–Crippen LogP) is -0.559. The second-order valence-electron chi connectivity index (χ2n) is 4.46. The molecule has 2 fully saturated rings. The topological polar surface area (TPSA) is 78.9 Å². The SMILES string of the molecule is O=C(O)[C@@H]1CCCCN1C(=O)C1COCCN1. The second-order valence-corrected chi connectivity index (χ2v) is 4.46. The minimum Gasteiger partial charge on any atom is -0.480 e. The number of nitrogens with one attached hydrogen (secondary N) is 1. The van der Waals surface area contributed by atoms with Crippen molar-refractivity contribution < 1.29 is 19.4 Å². The van der Waals surface area contributed by atoms with Gasteiger partial charge in [-0.05, 0) is 19.3 Å². The summed E-state index contributed by atoms with van der Waals surface area (Å²) in [5, 5.41) is 12.2. The molecule has 0 aromatic heterocycles.